The second kappa shape index (κ2) is 9.31. The number of hydrogen-bond acceptors (Lipinski definition) is 3. The second-order valence-electron chi connectivity index (χ2n) is 7.65. The quantitative estimate of drug-likeness (QED) is 0.646. The van der Waals surface area contributed by atoms with Crippen molar-refractivity contribution >= 4 is 28.1 Å². The minimum absolute atomic E-state index is 0.0115. The third-order valence-corrected chi connectivity index (χ3v) is 6.33. The molecule has 5 nitrogen and oxygen atoms in total. The maximum Gasteiger partial charge on any atom is 0.230 e. The normalized spacial score (nSPS) is 19.1. The van der Waals surface area contributed by atoms with E-state index in [0.717, 1.165) is 42.7 Å². The maximum absolute atomic E-state index is 12.2. The molecule has 1 aliphatic rings. The predicted octanol–water partition coefficient (Wildman–Crippen LogP) is 1.31. The van der Waals surface area contributed by atoms with Crippen LogP contribution in [0.2, 0.25) is 0 Å². The van der Waals surface area contributed by atoms with Crippen LogP contribution in [-0.4, -0.2) is 37.1 Å². The largest absolute Gasteiger partial charge is 0.322 e. The van der Waals surface area contributed by atoms with E-state index in [1.54, 1.807) is 33.0 Å². The molecular formula is C23H28N4OS+2. The Morgan fingerprint density at radius 1 is 0.931 bits per heavy atom. The molecule has 1 aliphatic heterocycles. The summed E-state index contributed by atoms with van der Waals surface area (Å²) in [6.07, 6.45) is 0. The van der Waals surface area contributed by atoms with Crippen LogP contribution in [0.4, 0.5) is 10.8 Å². The number of carbonyl (C=O) groups excluding carboxylic acids is 1. The van der Waals surface area contributed by atoms with Crippen LogP contribution in [0.3, 0.4) is 0 Å². The van der Waals surface area contributed by atoms with Gasteiger partial charge in [-0.2, -0.15) is 0 Å². The number of aromatic nitrogens is 1. The average Bonchev–Trinajstić information content (AvgIpc) is 3.19. The number of amides is 1. The fourth-order valence-electron chi connectivity index (χ4n) is 3.94. The van der Waals surface area contributed by atoms with Gasteiger partial charge in [-0.05, 0) is 12.1 Å². The van der Waals surface area contributed by atoms with Crippen molar-refractivity contribution in [3.63, 3.8) is 0 Å². The van der Waals surface area contributed by atoms with Crippen LogP contribution in [0.25, 0.3) is 0 Å². The zero-order valence-electron chi connectivity index (χ0n) is 16.8. The zero-order chi connectivity index (χ0) is 20.1. The number of rotatable bonds is 6. The molecule has 2 aromatic carbocycles. The minimum Gasteiger partial charge on any atom is -0.322 e. The highest BCUT2D eigenvalue weighted by Crippen LogP contribution is 2.28. The van der Waals surface area contributed by atoms with Crippen molar-refractivity contribution < 1.29 is 14.6 Å². The van der Waals surface area contributed by atoms with Crippen LogP contribution >= 0.6 is 11.3 Å². The molecule has 0 radical (unpaired) electrons. The Morgan fingerprint density at radius 2 is 1.52 bits per heavy atom. The van der Waals surface area contributed by atoms with Gasteiger partial charge in [0, 0.05) is 17.9 Å². The molecule has 1 fully saturated rings. The number of hydrogen-bond donors (Lipinski definition) is 2. The van der Waals surface area contributed by atoms with E-state index < -0.39 is 0 Å². The molecule has 0 atom stereocenters. The summed E-state index contributed by atoms with van der Waals surface area (Å²) in [4.78, 5) is 21.9. The fraction of sp³-hybridized carbons (Fsp3) is 0.304. The summed E-state index contributed by atoms with van der Waals surface area (Å²) in [5.41, 5.74) is 3.36. The predicted molar refractivity (Wildman–Crippen MR) is 117 cm³/mol. The number of carbonyl (C=O) groups is 1. The Balaban J connectivity index is 1.34. The van der Waals surface area contributed by atoms with E-state index in [0.29, 0.717) is 0 Å². The van der Waals surface area contributed by atoms with E-state index in [2.05, 4.69) is 35.7 Å². The first kappa shape index (κ1) is 19.8. The topological polar surface area (TPSA) is 42.1 Å². The van der Waals surface area contributed by atoms with Crippen molar-refractivity contribution in [2.75, 3.05) is 31.1 Å². The summed E-state index contributed by atoms with van der Waals surface area (Å²) in [6, 6.07) is 20.5. The molecule has 2 heterocycles. The third-order valence-electron chi connectivity index (χ3n) is 5.45. The molecular weight excluding hydrogens is 380 g/mol. The molecule has 150 valence electrons. The minimum atomic E-state index is -0.0115. The van der Waals surface area contributed by atoms with Crippen LogP contribution in [0.1, 0.15) is 18.2 Å². The first-order valence-corrected chi connectivity index (χ1v) is 11.1. The Kier molecular flexibility index (Phi) is 6.34. The van der Waals surface area contributed by atoms with Crippen molar-refractivity contribution in [3.8, 4) is 0 Å². The summed E-state index contributed by atoms with van der Waals surface area (Å²) < 4.78 is 0. The molecule has 4 rings (SSSR count). The fourth-order valence-corrected chi connectivity index (χ4v) is 4.82. The SMILES string of the molecule is CC(=O)N(c1ccccc1)c1nc(C[NH+]2CC[NH+](Cc3ccccc3)CC2)cs1. The second-order valence-corrected chi connectivity index (χ2v) is 8.49. The summed E-state index contributed by atoms with van der Waals surface area (Å²) in [5.74, 6) is -0.0115. The molecule has 0 spiro atoms. The van der Waals surface area contributed by atoms with E-state index >= 15 is 0 Å². The molecule has 0 bridgehead atoms. The van der Waals surface area contributed by atoms with Gasteiger partial charge in [0.1, 0.15) is 45.0 Å². The van der Waals surface area contributed by atoms with Gasteiger partial charge in [0.25, 0.3) is 0 Å². The monoisotopic (exact) mass is 408 g/mol. The van der Waals surface area contributed by atoms with Crippen molar-refractivity contribution in [2.24, 2.45) is 0 Å². The van der Waals surface area contributed by atoms with Crippen LogP contribution in [0.15, 0.2) is 66.0 Å². The van der Waals surface area contributed by atoms with E-state index in [1.165, 1.54) is 18.7 Å². The van der Waals surface area contributed by atoms with Gasteiger partial charge in [-0.15, -0.1) is 11.3 Å². The van der Waals surface area contributed by atoms with Gasteiger partial charge >= 0.3 is 0 Å². The number of piperazine rings is 1. The van der Waals surface area contributed by atoms with Crippen molar-refractivity contribution in [1.29, 1.82) is 0 Å². The van der Waals surface area contributed by atoms with Gasteiger partial charge in [0.05, 0.1) is 5.69 Å². The molecule has 1 aromatic heterocycles. The molecule has 2 N–H and O–H groups in total. The summed E-state index contributed by atoms with van der Waals surface area (Å²) in [6.45, 7) is 8.31. The van der Waals surface area contributed by atoms with Crippen LogP contribution in [0, 0.1) is 0 Å². The molecule has 0 unspecified atom stereocenters. The van der Waals surface area contributed by atoms with Crippen molar-refractivity contribution in [3.05, 3.63) is 77.3 Å². The van der Waals surface area contributed by atoms with Gasteiger partial charge < -0.3 is 9.80 Å². The lowest BCUT2D eigenvalue weighted by atomic mass is 10.2. The van der Waals surface area contributed by atoms with E-state index in [1.807, 2.05) is 30.3 Å². The van der Waals surface area contributed by atoms with Gasteiger partial charge in [-0.3, -0.25) is 9.69 Å². The van der Waals surface area contributed by atoms with Gasteiger partial charge in [0.2, 0.25) is 5.91 Å². The molecule has 1 amide bonds. The standard InChI is InChI=1S/C23H26N4OS/c1-19(28)27(22-10-6-3-7-11-22)23-24-21(18-29-23)17-26-14-12-25(13-15-26)16-20-8-4-2-5-9-20/h2-11,18H,12-17H2,1H3/p+2. The number of para-hydroxylation sites is 1. The molecule has 29 heavy (non-hydrogen) atoms. The molecule has 6 heteroatoms. The maximum atomic E-state index is 12.2. The third kappa shape index (κ3) is 5.09. The summed E-state index contributed by atoms with van der Waals surface area (Å²) in [7, 11) is 0. The number of anilines is 2. The first-order chi connectivity index (χ1) is 14.2. The Morgan fingerprint density at radius 3 is 2.14 bits per heavy atom. The van der Waals surface area contributed by atoms with Crippen molar-refractivity contribution in [1.82, 2.24) is 4.98 Å². The van der Waals surface area contributed by atoms with E-state index in [9.17, 15) is 4.79 Å². The number of quaternary nitrogens is 2. The van der Waals surface area contributed by atoms with Crippen LogP contribution in [-0.2, 0) is 17.9 Å². The Hall–Kier alpha value is -2.54. The van der Waals surface area contributed by atoms with Gasteiger partial charge in [-0.1, -0.05) is 48.5 Å². The lowest BCUT2D eigenvalue weighted by Gasteiger charge is -2.29. The number of nitrogens with zero attached hydrogens (tertiary/aromatic N) is 2. The summed E-state index contributed by atoms with van der Waals surface area (Å²) in [5, 5.41) is 2.86. The highest BCUT2D eigenvalue weighted by molar-refractivity contribution is 7.14. The first-order valence-electron chi connectivity index (χ1n) is 10.2. The zero-order valence-corrected chi connectivity index (χ0v) is 17.6. The van der Waals surface area contributed by atoms with Crippen LogP contribution in [0.5, 0.6) is 0 Å². The Labute approximate surface area is 176 Å². The average molecular weight is 409 g/mol. The number of nitrogens with one attached hydrogen (secondary N) is 2. The van der Waals surface area contributed by atoms with Gasteiger partial charge in [-0.25, -0.2) is 4.98 Å². The smallest absolute Gasteiger partial charge is 0.230 e. The van der Waals surface area contributed by atoms with Crippen LogP contribution < -0.4 is 14.7 Å². The lowest BCUT2D eigenvalue weighted by molar-refractivity contribution is -1.02. The summed E-state index contributed by atoms with van der Waals surface area (Å²) >= 11 is 1.55. The number of thiazole rings is 1. The van der Waals surface area contributed by atoms with Crippen molar-refractivity contribution in [2.45, 2.75) is 20.0 Å². The van der Waals surface area contributed by atoms with E-state index in [-0.39, 0.29) is 5.91 Å². The van der Waals surface area contributed by atoms with Gasteiger partial charge in [0.15, 0.2) is 5.13 Å². The molecule has 0 aliphatic carbocycles. The molecule has 0 saturated carbocycles. The number of benzene rings is 2. The molecule has 3 aromatic rings. The molecule has 1 saturated heterocycles. The Bertz CT molecular complexity index is 920. The van der Waals surface area contributed by atoms with E-state index in [4.69, 9.17) is 4.98 Å². The lowest BCUT2D eigenvalue weighted by Crippen LogP contribution is -3.27. The highest BCUT2D eigenvalue weighted by atomic mass is 32.1. The highest BCUT2D eigenvalue weighted by Gasteiger charge is 2.25.